The number of rotatable bonds is 8. The molecule has 1 aromatic carbocycles. The summed E-state index contributed by atoms with van der Waals surface area (Å²) in [6, 6.07) is 5.59. The molecule has 0 saturated heterocycles. The molecule has 3 rings (SSSR count). The lowest BCUT2D eigenvalue weighted by Crippen LogP contribution is -2.35. The maximum absolute atomic E-state index is 11.9. The van der Waals surface area contributed by atoms with Crippen molar-refractivity contribution in [2.24, 2.45) is 5.92 Å². The van der Waals surface area contributed by atoms with Crippen molar-refractivity contribution in [3.05, 3.63) is 18.2 Å². The number of methoxy groups -OCH3 is 2. The van der Waals surface area contributed by atoms with Crippen LogP contribution in [0.15, 0.2) is 27.8 Å². The minimum absolute atomic E-state index is 0.0183. The van der Waals surface area contributed by atoms with Gasteiger partial charge in [0.1, 0.15) is 0 Å². The van der Waals surface area contributed by atoms with Gasteiger partial charge in [0.05, 0.1) is 20.0 Å². The Kier molecular flexibility index (Phi) is 5.47. The second-order valence-corrected chi connectivity index (χ2v) is 6.85. The Hall–Kier alpha value is -2.22. The molecule has 0 bridgehead atoms. The minimum atomic E-state index is -0.0183. The Morgan fingerprint density at radius 2 is 2.08 bits per heavy atom. The van der Waals surface area contributed by atoms with Gasteiger partial charge in [-0.2, -0.15) is 0 Å². The second kappa shape index (κ2) is 7.77. The van der Waals surface area contributed by atoms with E-state index < -0.39 is 0 Å². The fourth-order valence-electron chi connectivity index (χ4n) is 2.49. The zero-order chi connectivity index (χ0) is 17.8. The Labute approximate surface area is 150 Å². The largest absolute Gasteiger partial charge is 0.493 e. The number of amides is 1. The highest BCUT2D eigenvalue weighted by atomic mass is 32.2. The van der Waals surface area contributed by atoms with Crippen molar-refractivity contribution in [1.82, 2.24) is 15.5 Å². The molecule has 0 aliphatic heterocycles. The first-order valence-corrected chi connectivity index (χ1v) is 9.07. The summed E-state index contributed by atoms with van der Waals surface area (Å²) in [5.74, 6) is 2.45. The number of ether oxygens (including phenoxy) is 2. The Balaban J connectivity index is 1.59. The van der Waals surface area contributed by atoms with Gasteiger partial charge in [-0.25, -0.2) is 0 Å². The van der Waals surface area contributed by atoms with Gasteiger partial charge in [-0.15, -0.1) is 10.2 Å². The smallest absolute Gasteiger partial charge is 0.277 e. The van der Waals surface area contributed by atoms with Crippen molar-refractivity contribution >= 4 is 17.7 Å². The molecule has 1 fully saturated rings. The highest BCUT2D eigenvalue weighted by Gasteiger charge is 2.28. The molecule has 1 aromatic heterocycles. The van der Waals surface area contributed by atoms with Crippen LogP contribution in [0.4, 0.5) is 0 Å². The molecule has 134 valence electrons. The van der Waals surface area contributed by atoms with E-state index >= 15 is 0 Å². The van der Waals surface area contributed by atoms with E-state index in [4.69, 9.17) is 13.9 Å². The first-order valence-electron chi connectivity index (χ1n) is 8.08. The van der Waals surface area contributed by atoms with Gasteiger partial charge in [0.15, 0.2) is 11.5 Å². The topological polar surface area (TPSA) is 86.5 Å². The average molecular weight is 363 g/mol. The van der Waals surface area contributed by atoms with Gasteiger partial charge < -0.3 is 19.2 Å². The van der Waals surface area contributed by atoms with Crippen molar-refractivity contribution < 1.29 is 18.7 Å². The van der Waals surface area contributed by atoms with Gasteiger partial charge in [-0.05, 0) is 43.9 Å². The molecule has 1 atom stereocenters. The van der Waals surface area contributed by atoms with E-state index in [1.807, 2.05) is 13.0 Å². The molecule has 1 aliphatic carbocycles. The second-order valence-electron chi connectivity index (χ2n) is 5.93. The quantitative estimate of drug-likeness (QED) is 0.722. The average Bonchev–Trinajstić information content (AvgIpc) is 3.38. The number of carbonyl (C=O) groups excluding carboxylic acids is 1. The predicted octanol–water partition coefficient (Wildman–Crippen LogP) is 2.76. The number of carbonyl (C=O) groups is 1. The van der Waals surface area contributed by atoms with E-state index in [0.29, 0.717) is 28.5 Å². The molecule has 1 heterocycles. The van der Waals surface area contributed by atoms with Crippen molar-refractivity contribution in [3.8, 4) is 23.0 Å². The van der Waals surface area contributed by atoms with Gasteiger partial charge in [0.25, 0.3) is 5.22 Å². The summed E-state index contributed by atoms with van der Waals surface area (Å²) in [5.41, 5.74) is 0.726. The van der Waals surface area contributed by atoms with Crippen LogP contribution < -0.4 is 14.8 Å². The lowest BCUT2D eigenvalue weighted by atomic mass is 10.2. The normalized spacial score (nSPS) is 14.8. The van der Waals surface area contributed by atoms with Crippen molar-refractivity contribution in [2.45, 2.75) is 31.0 Å². The molecule has 0 radical (unpaired) electrons. The first kappa shape index (κ1) is 17.6. The van der Waals surface area contributed by atoms with E-state index in [0.717, 1.165) is 5.56 Å². The number of aromatic nitrogens is 2. The Morgan fingerprint density at radius 1 is 1.32 bits per heavy atom. The number of nitrogens with one attached hydrogen (secondary N) is 1. The molecule has 8 heteroatoms. The van der Waals surface area contributed by atoms with Crippen LogP contribution in [-0.2, 0) is 4.79 Å². The zero-order valence-electron chi connectivity index (χ0n) is 14.4. The molecule has 0 unspecified atom stereocenters. The standard InChI is InChI=1S/C17H21N3O4S/c1-10(11-4-5-11)18-15(21)9-25-17-20-19-16(24-17)12-6-7-13(22-2)14(8-12)23-3/h6-8,10-11H,4-5,9H2,1-3H3,(H,18,21)/t10-/m0/s1. The maximum atomic E-state index is 11.9. The van der Waals surface area contributed by atoms with Gasteiger partial charge >= 0.3 is 0 Å². The Morgan fingerprint density at radius 3 is 2.76 bits per heavy atom. The predicted molar refractivity (Wildman–Crippen MR) is 93.9 cm³/mol. The van der Waals surface area contributed by atoms with E-state index in [2.05, 4.69) is 15.5 Å². The third-order valence-corrected chi connectivity index (χ3v) is 4.90. The number of nitrogens with zero attached hydrogens (tertiary/aromatic N) is 2. The van der Waals surface area contributed by atoms with Crippen molar-refractivity contribution in [2.75, 3.05) is 20.0 Å². The first-order chi connectivity index (χ1) is 12.1. The fraction of sp³-hybridized carbons (Fsp3) is 0.471. The van der Waals surface area contributed by atoms with Crippen molar-refractivity contribution in [3.63, 3.8) is 0 Å². The van der Waals surface area contributed by atoms with Gasteiger partial charge in [-0.3, -0.25) is 4.79 Å². The van der Waals surface area contributed by atoms with Gasteiger partial charge in [0.2, 0.25) is 11.8 Å². The number of thioether (sulfide) groups is 1. The molecular weight excluding hydrogens is 342 g/mol. The van der Waals surface area contributed by atoms with Crippen LogP contribution in [-0.4, -0.2) is 42.1 Å². The summed E-state index contributed by atoms with van der Waals surface area (Å²) >= 11 is 1.23. The molecule has 2 aromatic rings. The molecule has 1 amide bonds. The fourth-order valence-corrected chi connectivity index (χ4v) is 3.07. The SMILES string of the molecule is COc1ccc(-c2nnc(SCC(=O)N[C@@H](C)C3CC3)o2)cc1OC. The third-order valence-electron chi connectivity index (χ3n) is 4.08. The summed E-state index contributed by atoms with van der Waals surface area (Å²) < 4.78 is 16.1. The van der Waals surface area contributed by atoms with Crippen LogP contribution in [0.5, 0.6) is 11.5 Å². The molecule has 7 nitrogen and oxygen atoms in total. The van der Waals surface area contributed by atoms with Crippen LogP contribution in [0.25, 0.3) is 11.5 Å². The van der Waals surface area contributed by atoms with E-state index in [1.165, 1.54) is 24.6 Å². The molecule has 1 aliphatic rings. The van der Waals surface area contributed by atoms with E-state index in [1.54, 1.807) is 26.4 Å². The molecule has 1 saturated carbocycles. The molecule has 0 spiro atoms. The maximum Gasteiger partial charge on any atom is 0.277 e. The zero-order valence-corrected chi connectivity index (χ0v) is 15.3. The summed E-state index contributed by atoms with van der Waals surface area (Å²) in [4.78, 5) is 11.9. The third kappa shape index (κ3) is 4.45. The lowest BCUT2D eigenvalue weighted by molar-refractivity contribution is -0.119. The minimum Gasteiger partial charge on any atom is -0.493 e. The summed E-state index contributed by atoms with van der Waals surface area (Å²) in [7, 11) is 3.14. The van der Waals surface area contributed by atoms with Crippen molar-refractivity contribution in [1.29, 1.82) is 0 Å². The highest BCUT2D eigenvalue weighted by molar-refractivity contribution is 7.99. The summed E-state index contributed by atoms with van der Waals surface area (Å²) in [5, 5.41) is 11.4. The molecular formula is C17H21N3O4S. The lowest BCUT2D eigenvalue weighted by Gasteiger charge is -2.11. The van der Waals surface area contributed by atoms with Crippen LogP contribution in [0, 0.1) is 5.92 Å². The van der Waals surface area contributed by atoms with Crippen LogP contribution in [0.3, 0.4) is 0 Å². The number of hydrogen-bond donors (Lipinski definition) is 1. The molecule has 25 heavy (non-hydrogen) atoms. The Bertz CT molecular complexity index is 745. The highest BCUT2D eigenvalue weighted by Crippen LogP contribution is 2.33. The van der Waals surface area contributed by atoms with E-state index in [9.17, 15) is 4.79 Å². The number of benzene rings is 1. The summed E-state index contributed by atoms with van der Waals surface area (Å²) in [6.45, 7) is 2.04. The van der Waals surface area contributed by atoms with Crippen LogP contribution >= 0.6 is 11.8 Å². The monoisotopic (exact) mass is 363 g/mol. The molecule has 1 N–H and O–H groups in total. The van der Waals surface area contributed by atoms with Crippen LogP contribution in [0.2, 0.25) is 0 Å². The van der Waals surface area contributed by atoms with Crippen LogP contribution in [0.1, 0.15) is 19.8 Å². The van der Waals surface area contributed by atoms with E-state index in [-0.39, 0.29) is 17.7 Å². The number of hydrogen-bond acceptors (Lipinski definition) is 7. The van der Waals surface area contributed by atoms with Gasteiger partial charge in [-0.1, -0.05) is 11.8 Å². The summed E-state index contributed by atoms with van der Waals surface area (Å²) in [6.07, 6.45) is 2.40. The van der Waals surface area contributed by atoms with Gasteiger partial charge in [0, 0.05) is 11.6 Å².